The Hall–Kier alpha value is -2.02. The first-order valence-corrected chi connectivity index (χ1v) is 6.17. The fourth-order valence-electron chi connectivity index (χ4n) is 1.81. The molecular weight excluding hydrogens is 220 g/mol. The predicted octanol–water partition coefficient (Wildman–Crippen LogP) is 4.96. The van der Waals surface area contributed by atoms with Crippen LogP contribution < -0.4 is 4.74 Å². The van der Waals surface area contributed by atoms with Gasteiger partial charge in [-0.25, -0.2) is 0 Å². The molecule has 0 aliphatic carbocycles. The summed E-state index contributed by atoms with van der Waals surface area (Å²) in [7, 11) is 0. The Balaban J connectivity index is 2.31. The molecular formula is C17H18O. The van der Waals surface area contributed by atoms with Gasteiger partial charge in [0.15, 0.2) is 0 Å². The van der Waals surface area contributed by atoms with Gasteiger partial charge in [-0.3, -0.25) is 0 Å². The summed E-state index contributed by atoms with van der Waals surface area (Å²) in [6.07, 6.45) is 1.96. The van der Waals surface area contributed by atoms with Gasteiger partial charge in [0.1, 0.15) is 5.75 Å². The first-order valence-electron chi connectivity index (χ1n) is 6.17. The maximum absolute atomic E-state index is 5.75. The van der Waals surface area contributed by atoms with Gasteiger partial charge in [-0.1, -0.05) is 36.4 Å². The minimum absolute atomic E-state index is 0.922. The van der Waals surface area contributed by atoms with E-state index in [1.807, 2.05) is 32.1 Å². The number of hydrogen-bond acceptors (Lipinski definition) is 1. The summed E-state index contributed by atoms with van der Waals surface area (Å²) in [6.45, 7) is 6.01. The average molecular weight is 238 g/mol. The van der Waals surface area contributed by atoms with Gasteiger partial charge < -0.3 is 4.74 Å². The van der Waals surface area contributed by atoms with E-state index in [1.165, 1.54) is 11.1 Å². The van der Waals surface area contributed by atoms with E-state index in [0.717, 1.165) is 17.1 Å². The third-order valence-electron chi connectivity index (χ3n) is 2.96. The van der Waals surface area contributed by atoms with E-state index in [9.17, 15) is 0 Å². The van der Waals surface area contributed by atoms with Crippen molar-refractivity contribution < 1.29 is 4.74 Å². The highest BCUT2D eigenvalue weighted by atomic mass is 16.5. The zero-order chi connectivity index (χ0) is 13.0. The molecule has 2 aromatic carbocycles. The Morgan fingerprint density at radius 1 is 1.00 bits per heavy atom. The number of rotatable bonds is 3. The van der Waals surface area contributed by atoms with E-state index < -0.39 is 0 Å². The highest BCUT2D eigenvalue weighted by Crippen LogP contribution is 2.27. The Morgan fingerprint density at radius 2 is 1.72 bits per heavy atom. The van der Waals surface area contributed by atoms with Crippen LogP contribution >= 0.6 is 0 Å². The lowest BCUT2D eigenvalue weighted by Gasteiger charge is -2.10. The molecule has 0 amide bonds. The Morgan fingerprint density at radius 3 is 2.33 bits per heavy atom. The highest BCUT2D eigenvalue weighted by molar-refractivity contribution is 5.65. The van der Waals surface area contributed by atoms with Gasteiger partial charge in [0, 0.05) is 0 Å². The summed E-state index contributed by atoms with van der Waals surface area (Å²) in [5.41, 5.74) is 3.60. The maximum atomic E-state index is 5.75. The second-order valence-electron chi connectivity index (χ2n) is 4.35. The van der Waals surface area contributed by atoms with Gasteiger partial charge in [-0.05, 0) is 55.7 Å². The number of benzene rings is 2. The van der Waals surface area contributed by atoms with Crippen LogP contribution in [-0.4, -0.2) is 0 Å². The fraction of sp³-hybridized carbons (Fsp3) is 0.176. The third-order valence-corrected chi connectivity index (χ3v) is 2.96. The van der Waals surface area contributed by atoms with Crippen molar-refractivity contribution in [3.05, 3.63) is 65.9 Å². The van der Waals surface area contributed by atoms with Crippen LogP contribution in [0.25, 0.3) is 11.1 Å². The molecule has 0 unspecified atom stereocenters. The SMILES string of the molecule is C/C=C(\C)Oc1ccc(-c2ccccc2)cc1C. The lowest BCUT2D eigenvalue weighted by atomic mass is 10.0. The van der Waals surface area contributed by atoms with Gasteiger partial charge >= 0.3 is 0 Å². The van der Waals surface area contributed by atoms with Crippen LogP contribution in [0.1, 0.15) is 19.4 Å². The number of allylic oxidation sites excluding steroid dienone is 2. The summed E-state index contributed by atoms with van der Waals surface area (Å²) < 4.78 is 5.75. The van der Waals surface area contributed by atoms with Crippen LogP contribution in [-0.2, 0) is 0 Å². The lowest BCUT2D eigenvalue weighted by Crippen LogP contribution is -1.93. The number of hydrogen-bond donors (Lipinski definition) is 0. The normalized spacial score (nSPS) is 11.4. The zero-order valence-corrected chi connectivity index (χ0v) is 11.1. The van der Waals surface area contributed by atoms with Gasteiger partial charge in [-0.2, -0.15) is 0 Å². The molecule has 0 aliphatic rings. The number of aryl methyl sites for hydroxylation is 1. The van der Waals surface area contributed by atoms with Crippen molar-refractivity contribution in [3.63, 3.8) is 0 Å². The van der Waals surface area contributed by atoms with E-state index in [4.69, 9.17) is 4.74 Å². The predicted molar refractivity (Wildman–Crippen MR) is 76.7 cm³/mol. The van der Waals surface area contributed by atoms with Crippen molar-refractivity contribution in [2.75, 3.05) is 0 Å². The molecule has 92 valence electrons. The Kier molecular flexibility index (Phi) is 3.83. The van der Waals surface area contributed by atoms with Crippen molar-refractivity contribution in [3.8, 4) is 16.9 Å². The molecule has 1 nitrogen and oxygen atoms in total. The van der Waals surface area contributed by atoms with Crippen LogP contribution in [0.5, 0.6) is 5.75 Å². The molecule has 0 N–H and O–H groups in total. The third kappa shape index (κ3) is 2.80. The van der Waals surface area contributed by atoms with E-state index >= 15 is 0 Å². The molecule has 18 heavy (non-hydrogen) atoms. The van der Waals surface area contributed by atoms with Gasteiger partial charge in [0.05, 0.1) is 5.76 Å². The number of ether oxygens (including phenoxy) is 1. The van der Waals surface area contributed by atoms with Crippen molar-refractivity contribution >= 4 is 0 Å². The molecule has 0 spiro atoms. The summed E-state index contributed by atoms with van der Waals surface area (Å²) >= 11 is 0. The van der Waals surface area contributed by atoms with Crippen LogP contribution in [0, 0.1) is 6.92 Å². The average Bonchev–Trinajstić information content (AvgIpc) is 2.42. The molecule has 0 saturated heterocycles. The summed E-state index contributed by atoms with van der Waals surface area (Å²) in [5, 5.41) is 0. The Labute approximate surface area is 109 Å². The van der Waals surface area contributed by atoms with Crippen LogP contribution in [0.15, 0.2) is 60.4 Å². The summed E-state index contributed by atoms with van der Waals surface area (Å²) in [6, 6.07) is 16.7. The van der Waals surface area contributed by atoms with Crippen LogP contribution in [0.3, 0.4) is 0 Å². The molecule has 0 fully saturated rings. The van der Waals surface area contributed by atoms with Crippen molar-refractivity contribution in [2.45, 2.75) is 20.8 Å². The highest BCUT2D eigenvalue weighted by Gasteiger charge is 2.03. The molecule has 0 heterocycles. The molecule has 1 heteroatoms. The van der Waals surface area contributed by atoms with Crippen molar-refractivity contribution in [1.82, 2.24) is 0 Å². The molecule has 2 rings (SSSR count). The lowest BCUT2D eigenvalue weighted by molar-refractivity contribution is 0.424. The summed E-state index contributed by atoms with van der Waals surface area (Å²) in [5.74, 6) is 1.84. The Bertz CT molecular complexity index is 553. The fourth-order valence-corrected chi connectivity index (χ4v) is 1.81. The second kappa shape index (κ2) is 5.54. The summed E-state index contributed by atoms with van der Waals surface area (Å²) in [4.78, 5) is 0. The smallest absolute Gasteiger partial charge is 0.129 e. The molecule has 0 aromatic heterocycles. The van der Waals surface area contributed by atoms with Gasteiger partial charge in [0.2, 0.25) is 0 Å². The molecule has 0 aliphatic heterocycles. The minimum atomic E-state index is 0.922. The van der Waals surface area contributed by atoms with E-state index in [2.05, 4.69) is 43.3 Å². The first-order chi connectivity index (χ1) is 8.70. The van der Waals surface area contributed by atoms with Crippen molar-refractivity contribution in [1.29, 1.82) is 0 Å². The molecule has 2 aromatic rings. The first kappa shape index (κ1) is 12.4. The standard InChI is InChI=1S/C17H18O/c1-4-14(3)18-17-11-10-16(12-13(17)2)15-8-6-5-7-9-15/h4-12H,1-3H3/b14-4+. The largest absolute Gasteiger partial charge is 0.462 e. The van der Waals surface area contributed by atoms with Crippen LogP contribution in [0.2, 0.25) is 0 Å². The second-order valence-corrected chi connectivity index (χ2v) is 4.35. The molecule has 0 radical (unpaired) electrons. The maximum Gasteiger partial charge on any atom is 0.129 e. The molecule has 0 saturated carbocycles. The van der Waals surface area contributed by atoms with Gasteiger partial charge in [-0.15, -0.1) is 0 Å². The quantitative estimate of drug-likeness (QED) is 0.686. The van der Waals surface area contributed by atoms with E-state index in [1.54, 1.807) is 0 Å². The van der Waals surface area contributed by atoms with E-state index in [-0.39, 0.29) is 0 Å². The van der Waals surface area contributed by atoms with E-state index in [0.29, 0.717) is 0 Å². The molecule has 0 bridgehead atoms. The van der Waals surface area contributed by atoms with Crippen LogP contribution in [0.4, 0.5) is 0 Å². The topological polar surface area (TPSA) is 9.23 Å². The van der Waals surface area contributed by atoms with Gasteiger partial charge in [0.25, 0.3) is 0 Å². The van der Waals surface area contributed by atoms with Crippen molar-refractivity contribution in [2.24, 2.45) is 0 Å². The molecule has 0 atom stereocenters. The zero-order valence-electron chi connectivity index (χ0n) is 11.1. The minimum Gasteiger partial charge on any atom is -0.462 e. The monoisotopic (exact) mass is 238 g/mol.